The largest absolute Gasteiger partial charge is 0.454 e. The maximum Gasteiger partial charge on any atom is 0.338 e. The van der Waals surface area contributed by atoms with E-state index in [2.05, 4.69) is 11.1 Å². The van der Waals surface area contributed by atoms with Gasteiger partial charge in [0.2, 0.25) is 17.6 Å². The van der Waals surface area contributed by atoms with Crippen molar-refractivity contribution in [1.82, 2.24) is 4.98 Å². The fourth-order valence-electron chi connectivity index (χ4n) is 4.26. The molecule has 214 valence electrons. The van der Waals surface area contributed by atoms with Gasteiger partial charge in [0.1, 0.15) is 11.1 Å². The van der Waals surface area contributed by atoms with Crippen molar-refractivity contribution in [2.24, 2.45) is 0 Å². The van der Waals surface area contributed by atoms with Crippen LogP contribution in [0.2, 0.25) is 15.1 Å². The molecule has 1 fully saturated rings. The van der Waals surface area contributed by atoms with Crippen LogP contribution in [0.3, 0.4) is 0 Å². The van der Waals surface area contributed by atoms with E-state index < -0.39 is 35.4 Å². The third-order valence-electron chi connectivity index (χ3n) is 6.43. The van der Waals surface area contributed by atoms with Crippen LogP contribution in [0.1, 0.15) is 32.7 Å². The van der Waals surface area contributed by atoms with Gasteiger partial charge in [0.15, 0.2) is 6.61 Å². The van der Waals surface area contributed by atoms with E-state index in [0.717, 1.165) is 16.7 Å². The highest BCUT2D eigenvalue weighted by Crippen LogP contribution is 2.36. The lowest BCUT2D eigenvalue weighted by Crippen LogP contribution is -2.31. The number of aromatic nitrogens is 1. The van der Waals surface area contributed by atoms with Gasteiger partial charge in [0.25, 0.3) is 0 Å². The Bertz CT molecular complexity index is 1820. The van der Waals surface area contributed by atoms with Crippen molar-refractivity contribution in [1.29, 1.82) is 5.26 Å². The molecule has 5 rings (SSSR count). The van der Waals surface area contributed by atoms with Crippen molar-refractivity contribution in [3.63, 3.8) is 0 Å². The topological polar surface area (TPSA) is 117 Å². The van der Waals surface area contributed by atoms with Gasteiger partial charge in [-0.25, -0.2) is 14.7 Å². The van der Waals surface area contributed by atoms with Crippen LogP contribution in [0, 0.1) is 11.3 Å². The summed E-state index contributed by atoms with van der Waals surface area (Å²) in [5, 5.41) is 10.1. The number of amides is 2. The molecule has 0 saturated carbocycles. The predicted octanol–water partition coefficient (Wildman–Crippen LogP) is 7.04. The number of benzene rings is 3. The first-order valence-corrected chi connectivity index (χ1v) is 14.6. The van der Waals surface area contributed by atoms with Crippen LogP contribution in [0.4, 0.5) is 5.69 Å². The molecule has 2 heterocycles. The number of hydrogen-bond acceptors (Lipinski definition) is 8. The van der Waals surface area contributed by atoms with Crippen molar-refractivity contribution in [2.75, 3.05) is 11.5 Å². The van der Waals surface area contributed by atoms with Gasteiger partial charge >= 0.3 is 5.97 Å². The molecule has 1 aromatic heterocycles. The van der Waals surface area contributed by atoms with Crippen LogP contribution in [0.15, 0.2) is 83.9 Å². The quantitative estimate of drug-likeness (QED) is 0.113. The molecule has 0 N–H and O–H groups in total. The maximum absolute atomic E-state index is 13.3. The molecule has 8 nitrogen and oxygen atoms in total. The Morgan fingerprint density at radius 3 is 2.40 bits per heavy atom. The highest BCUT2D eigenvalue weighted by Gasteiger charge is 2.41. The number of halogens is 3. The van der Waals surface area contributed by atoms with Gasteiger partial charge in [-0.05, 0) is 60.7 Å². The molecule has 2 amide bonds. The molecular formula is C31H18Cl3N3O5S. The van der Waals surface area contributed by atoms with Crippen molar-refractivity contribution < 1.29 is 23.9 Å². The summed E-state index contributed by atoms with van der Waals surface area (Å²) in [6.07, 6.45) is -0.110. The molecule has 1 saturated heterocycles. The molecule has 0 bridgehead atoms. The Morgan fingerprint density at radius 2 is 1.70 bits per heavy atom. The van der Waals surface area contributed by atoms with E-state index in [0.29, 0.717) is 26.3 Å². The summed E-state index contributed by atoms with van der Waals surface area (Å²) < 4.78 is 5.12. The Kier molecular flexibility index (Phi) is 9.14. The van der Waals surface area contributed by atoms with E-state index in [-0.39, 0.29) is 33.8 Å². The van der Waals surface area contributed by atoms with Gasteiger partial charge in [0, 0.05) is 17.5 Å². The van der Waals surface area contributed by atoms with Gasteiger partial charge in [0.05, 0.1) is 42.8 Å². The minimum absolute atomic E-state index is 0.110. The van der Waals surface area contributed by atoms with E-state index >= 15 is 0 Å². The number of Topliss-reactive ketones (excluding diaryl/α,β-unsaturated/α-hetero) is 1. The normalized spacial score (nSPS) is 14.5. The number of ketones is 1. The lowest BCUT2D eigenvalue weighted by Gasteiger charge is -2.15. The molecule has 0 radical (unpaired) electrons. The van der Waals surface area contributed by atoms with Gasteiger partial charge in [-0.2, -0.15) is 5.26 Å². The first-order chi connectivity index (χ1) is 20.7. The molecule has 0 aliphatic carbocycles. The third-order valence-corrected chi connectivity index (χ3v) is 8.68. The van der Waals surface area contributed by atoms with Gasteiger partial charge in [-0.3, -0.25) is 14.4 Å². The van der Waals surface area contributed by atoms with Crippen LogP contribution in [0.5, 0.6) is 0 Å². The van der Waals surface area contributed by atoms with E-state index in [1.165, 1.54) is 30.3 Å². The molecule has 43 heavy (non-hydrogen) atoms. The number of anilines is 1. The number of ether oxygens (including phenoxy) is 1. The van der Waals surface area contributed by atoms with Crippen LogP contribution in [-0.4, -0.2) is 40.4 Å². The Morgan fingerprint density at radius 1 is 0.953 bits per heavy atom. The zero-order valence-electron chi connectivity index (χ0n) is 21.9. The van der Waals surface area contributed by atoms with Crippen molar-refractivity contribution in [3.8, 4) is 17.3 Å². The fraction of sp³-hybridized carbons (Fsp3) is 0.0968. The second-order valence-corrected chi connectivity index (χ2v) is 11.6. The highest BCUT2D eigenvalue weighted by atomic mass is 35.5. The average Bonchev–Trinajstić information content (AvgIpc) is 3.29. The molecule has 12 heteroatoms. The first kappa shape index (κ1) is 30.3. The van der Waals surface area contributed by atoms with Crippen LogP contribution >= 0.6 is 46.6 Å². The number of pyridine rings is 1. The second-order valence-electron chi connectivity index (χ2n) is 9.19. The standard InChI is InChI=1S/C31H18Cl3N3O5S/c32-22-4-2-1-3-21(22)26(38)16-42-31(41)17-5-9-20(10-6-17)37-28(39)14-27(30(37)40)43-29-19(15-35)8-12-25(36-29)18-7-11-23(33)24(34)13-18/h1-13,27H,14,16H2. The van der Waals surface area contributed by atoms with E-state index in [4.69, 9.17) is 39.5 Å². The lowest BCUT2D eigenvalue weighted by atomic mass is 10.1. The summed E-state index contributed by atoms with van der Waals surface area (Å²) in [6, 6.07) is 22.5. The number of carbonyl (C=O) groups is 4. The number of hydrogen-bond donors (Lipinski definition) is 0. The van der Waals surface area contributed by atoms with E-state index in [1.807, 2.05) is 0 Å². The number of carbonyl (C=O) groups excluding carboxylic acids is 4. The predicted molar refractivity (Wildman–Crippen MR) is 164 cm³/mol. The zero-order valence-corrected chi connectivity index (χ0v) is 25.0. The van der Waals surface area contributed by atoms with Crippen molar-refractivity contribution in [3.05, 3.63) is 111 Å². The number of esters is 1. The molecule has 0 spiro atoms. The smallest absolute Gasteiger partial charge is 0.338 e. The average molecular weight is 651 g/mol. The Balaban J connectivity index is 1.27. The van der Waals surface area contributed by atoms with Crippen molar-refractivity contribution in [2.45, 2.75) is 16.7 Å². The molecule has 4 aromatic rings. The summed E-state index contributed by atoms with van der Waals surface area (Å²) in [6.45, 7) is -0.503. The minimum Gasteiger partial charge on any atom is -0.454 e. The van der Waals surface area contributed by atoms with Crippen LogP contribution in [0.25, 0.3) is 11.3 Å². The first-order valence-electron chi connectivity index (χ1n) is 12.6. The molecular weight excluding hydrogens is 633 g/mol. The van der Waals surface area contributed by atoms with Gasteiger partial charge in [-0.1, -0.05) is 64.8 Å². The fourth-order valence-corrected chi connectivity index (χ4v) is 5.89. The summed E-state index contributed by atoms with van der Waals surface area (Å²) >= 11 is 19.2. The lowest BCUT2D eigenvalue weighted by molar-refractivity contribution is -0.121. The molecule has 1 unspecified atom stereocenters. The van der Waals surface area contributed by atoms with Crippen molar-refractivity contribution >= 4 is 75.8 Å². The number of nitriles is 1. The maximum atomic E-state index is 13.3. The van der Waals surface area contributed by atoms with Crippen LogP contribution in [-0.2, 0) is 14.3 Å². The summed E-state index contributed by atoms with van der Waals surface area (Å²) in [5.74, 6) is -2.14. The summed E-state index contributed by atoms with van der Waals surface area (Å²) in [5.41, 5.74) is 2.07. The zero-order chi connectivity index (χ0) is 30.7. The number of thioether (sulfide) groups is 1. The summed E-state index contributed by atoms with van der Waals surface area (Å²) in [4.78, 5) is 56.7. The monoisotopic (exact) mass is 649 g/mol. The van der Waals surface area contributed by atoms with Gasteiger partial charge in [-0.15, -0.1) is 0 Å². The number of nitrogens with zero attached hydrogens (tertiary/aromatic N) is 3. The molecule has 1 atom stereocenters. The summed E-state index contributed by atoms with van der Waals surface area (Å²) in [7, 11) is 0. The van der Waals surface area contributed by atoms with Crippen LogP contribution < -0.4 is 4.90 Å². The van der Waals surface area contributed by atoms with Gasteiger partial charge < -0.3 is 4.74 Å². The highest BCUT2D eigenvalue weighted by molar-refractivity contribution is 8.00. The minimum atomic E-state index is -0.823. The Hall–Kier alpha value is -4.20. The molecule has 1 aliphatic heterocycles. The SMILES string of the molecule is N#Cc1ccc(-c2ccc(Cl)c(Cl)c2)nc1SC1CC(=O)N(c2ccc(C(=O)OCC(=O)c3ccccc3Cl)cc2)C1=O. The Labute approximate surface area is 265 Å². The van der Waals surface area contributed by atoms with E-state index in [1.54, 1.807) is 48.5 Å². The van der Waals surface area contributed by atoms with E-state index in [9.17, 15) is 24.4 Å². The third kappa shape index (κ3) is 6.58. The number of imide groups is 1. The molecule has 1 aliphatic rings. The molecule has 3 aromatic carbocycles. The number of rotatable bonds is 8. The second kappa shape index (κ2) is 13.0.